The first kappa shape index (κ1) is 29.2. The maximum absolute atomic E-state index is 6.09. The molecule has 0 spiro atoms. The Morgan fingerprint density at radius 3 is 1.45 bits per heavy atom. The third-order valence-corrected chi connectivity index (χ3v) is 11.1. The van der Waals surface area contributed by atoms with E-state index in [1.807, 2.05) is 41.5 Å². The molecule has 0 rings (SSSR count). The van der Waals surface area contributed by atoms with Crippen LogP contribution in [0.5, 0.6) is 0 Å². The molecule has 0 bridgehead atoms. The van der Waals surface area contributed by atoms with Crippen LogP contribution in [-0.2, 0) is 26.9 Å². The van der Waals surface area contributed by atoms with Gasteiger partial charge in [-0.3, -0.25) is 0 Å². The Hall–Kier alpha value is 0.154. The lowest BCUT2D eigenvalue weighted by atomic mass is 10.4. The first-order valence-electron chi connectivity index (χ1n) is 11.4. The van der Waals surface area contributed by atoms with Gasteiger partial charge in [0.15, 0.2) is 0 Å². The zero-order valence-corrected chi connectivity index (χ0v) is 22.1. The van der Waals surface area contributed by atoms with Crippen molar-refractivity contribution in [2.24, 2.45) is 0 Å². The molecule has 0 N–H and O–H groups in total. The van der Waals surface area contributed by atoms with Crippen molar-refractivity contribution in [1.29, 1.82) is 0 Å². The Kier molecular flexibility index (Phi) is 17.9. The van der Waals surface area contributed by atoms with Gasteiger partial charge in [0.1, 0.15) is 0 Å². The second kappa shape index (κ2) is 17.8. The van der Waals surface area contributed by atoms with Crippen LogP contribution in [0.2, 0.25) is 12.1 Å². The first-order valence-corrected chi connectivity index (χ1v) is 15.6. The average Bonchev–Trinajstić information content (AvgIpc) is 2.67. The van der Waals surface area contributed by atoms with Gasteiger partial charge in [0, 0.05) is 45.7 Å². The molecule has 176 valence electrons. The van der Waals surface area contributed by atoms with Crippen molar-refractivity contribution >= 4 is 17.4 Å². The number of rotatable bonds is 21. The van der Waals surface area contributed by atoms with Gasteiger partial charge >= 0.3 is 17.4 Å². The Balaban J connectivity index is 4.51. The molecule has 0 aromatic carbocycles. The van der Waals surface area contributed by atoms with Crippen molar-refractivity contribution < 1.29 is 26.9 Å². The topological polar surface area (TPSA) is 58.6 Å². The van der Waals surface area contributed by atoms with Crippen LogP contribution >= 0.6 is 0 Å². The second-order valence-corrected chi connectivity index (χ2v) is 12.8. The summed E-state index contributed by atoms with van der Waals surface area (Å²) in [5.41, 5.74) is 0. The van der Waals surface area contributed by atoms with Crippen LogP contribution in [0.4, 0.5) is 0 Å². The van der Waals surface area contributed by atoms with E-state index in [0.29, 0.717) is 45.9 Å². The summed E-state index contributed by atoms with van der Waals surface area (Å²) < 4.78 is 35.7. The minimum absolute atomic E-state index is 0.611. The van der Waals surface area contributed by atoms with Crippen molar-refractivity contribution in [3.63, 3.8) is 0 Å². The average molecular weight is 454 g/mol. The molecule has 0 aromatic rings. The minimum Gasteiger partial charge on any atom is -0.393 e. The van der Waals surface area contributed by atoms with Crippen molar-refractivity contribution in [3.05, 3.63) is 0 Å². The molecule has 0 aliphatic rings. The van der Waals surface area contributed by atoms with E-state index in [2.05, 4.69) is 11.9 Å². The van der Waals surface area contributed by atoms with Gasteiger partial charge in [-0.15, -0.1) is 0 Å². The number of nitrogens with zero attached hydrogens (tertiary/aromatic N) is 1. The molecular formula is C20H47NO6Si2. The Morgan fingerprint density at radius 1 is 0.586 bits per heavy atom. The Labute approximate surface area is 181 Å². The highest BCUT2D eigenvalue weighted by Crippen LogP contribution is 2.20. The van der Waals surface area contributed by atoms with Crippen molar-refractivity contribution in [2.75, 3.05) is 66.0 Å². The van der Waals surface area contributed by atoms with E-state index in [0.717, 1.165) is 38.0 Å². The van der Waals surface area contributed by atoms with Gasteiger partial charge in [0.05, 0.1) is 6.23 Å². The molecule has 29 heavy (non-hydrogen) atoms. The highest BCUT2D eigenvalue weighted by atomic mass is 28.4. The molecule has 0 radical (unpaired) electrons. The summed E-state index contributed by atoms with van der Waals surface area (Å²) in [4.78, 5) is 2.36. The number of ether oxygens (including phenoxy) is 1. The van der Waals surface area contributed by atoms with E-state index in [-0.39, 0.29) is 0 Å². The number of hydrogen-bond acceptors (Lipinski definition) is 7. The summed E-state index contributed by atoms with van der Waals surface area (Å²) in [6, 6.07) is 1.81. The smallest absolute Gasteiger partial charge is 0.393 e. The summed E-state index contributed by atoms with van der Waals surface area (Å²) in [7, 11) is -2.65. The maximum atomic E-state index is 6.09. The van der Waals surface area contributed by atoms with E-state index in [4.69, 9.17) is 26.9 Å². The lowest BCUT2D eigenvalue weighted by Crippen LogP contribution is -2.48. The van der Waals surface area contributed by atoms with Crippen molar-refractivity contribution in [2.45, 2.75) is 66.5 Å². The Morgan fingerprint density at radius 2 is 1.03 bits per heavy atom. The standard InChI is InChI=1S/C20H47NO6Si2/c1-8-22-20-28(23-9-2,24-10-3)18-14-16-21(7)17-15-19-29(25-11-4,26-12-5)27-13-6/h8-20H2,1-7H3. The van der Waals surface area contributed by atoms with Gasteiger partial charge in [-0.1, -0.05) is 0 Å². The van der Waals surface area contributed by atoms with E-state index in [1.165, 1.54) is 0 Å². The largest absolute Gasteiger partial charge is 0.500 e. The summed E-state index contributed by atoms with van der Waals surface area (Å²) in [6.45, 7) is 18.0. The zero-order valence-electron chi connectivity index (χ0n) is 20.1. The van der Waals surface area contributed by atoms with Crippen molar-refractivity contribution in [3.8, 4) is 0 Å². The second-order valence-electron chi connectivity index (χ2n) is 6.91. The van der Waals surface area contributed by atoms with Crippen molar-refractivity contribution in [1.82, 2.24) is 4.90 Å². The van der Waals surface area contributed by atoms with Gasteiger partial charge in [-0.05, 0) is 80.6 Å². The lowest BCUT2D eigenvalue weighted by molar-refractivity contribution is 0.0701. The molecule has 0 aliphatic carbocycles. The molecule has 0 heterocycles. The van der Waals surface area contributed by atoms with Gasteiger partial charge in [-0.2, -0.15) is 0 Å². The molecule has 0 amide bonds. The minimum atomic E-state index is -2.54. The van der Waals surface area contributed by atoms with Crippen LogP contribution in [-0.4, -0.2) is 88.3 Å². The van der Waals surface area contributed by atoms with Crippen LogP contribution in [0.3, 0.4) is 0 Å². The van der Waals surface area contributed by atoms with E-state index in [1.54, 1.807) is 0 Å². The summed E-state index contributed by atoms with van der Waals surface area (Å²) in [5.74, 6) is 0. The van der Waals surface area contributed by atoms with Gasteiger partial charge in [0.25, 0.3) is 0 Å². The van der Waals surface area contributed by atoms with Gasteiger partial charge in [-0.25, -0.2) is 0 Å². The molecule has 0 unspecified atom stereocenters. The normalized spacial score (nSPS) is 12.8. The van der Waals surface area contributed by atoms with Gasteiger partial charge in [0.2, 0.25) is 0 Å². The zero-order chi connectivity index (χ0) is 22.0. The van der Waals surface area contributed by atoms with Crippen LogP contribution in [0, 0.1) is 0 Å². The number of hydrogen-bond donors (Lipinski definition) is 0. The predicted octanol–water partition coefficient (Wildman–Crippen LogP) is 3.84. The molecule has 0 atom stereocenters. The molecule has 7 nitrogen and oxygen atoms in total. The molecular weight excluding hydrogens is 406 g/mol. The lowest BCUT2D eigenvalue weighted by Gasteiger charge is -2.31. The molecule has 0 saturated heterocycles. The fraction of sp³-hybridized carbons (Fsp3) is 1.00. The van der Waals surface area contributed by atoms with Gasteiger partial charge < -0.3 is 31.8 Å². The van der Waals surface area contributed by atoms with E-state index in [9.17, 15) is 0 Å². The molecule has 9 heteroatoms. The first-order chi connectivity index (χ1) is 14.0. The summed E-state index contributed by atoms with van der Waals surface area (Å²) in [5, 5.41) is 0. The molecule has 0 aromatic heterocycles. The third kappa shape index (κ3) is 12.6. The molecule has 0 saturated carbocycles. The Bertz CT molecular complexity index is 356. The predicted molar refractivity (Wildman–Crippen MR) is 122 cm³/mol. The fourth-order valence-electron chi connectivity index (χ4n) is 3.42. The van der Waals surface area contributed by atoms with E-state index < -0.39 is 17.4 Å². The van der Waals surface area contributed by atoms with E-state index >= 15 is 0 Å². The van der Waals surface area contributed by atoms with Crippen LogP contribution in [0.1, 0.15) is 54.4 Å². The van der Waals surface area contributed by atoms with Crippen LogP contribution in [0.15, 0.2) is 0 Å². The van der Waals surface area contributed by atoms with Crippen LogP contribution < -0.4 is 0 Å². The fourth-order valence-corrected chi connectivity index (χ4v) is 8.96. The highest BCUT2D eigenvalue weighted by molar-refractivity contribution is 6.67. The summed E-state index contributed by atoms with van der Waals surface area (Å²) in [6.07, 6.45) is 2.65. The SMILES string of the molecule is CCOC[Si](CCCN(C)CCC[Si](OCC)(OCC)OCC)(OCC)OCC. The van der Waals surface area contributed by atoms with Crippen LogP contribution in [0.25, 0.3) is 0 Å². The molecule has 0 fully saturated rings. The molecule has 0 aliphatic heterocycles. The maximum Gasteiger partial charge on any atom is 0.500 e. The highest BCUT2D eigenvalue weighted by Gasteiger charge is 2.40. The quantitative estimate of drug-likeness (QED) is 0.245. The third-order valence-electron chi connectivity index (χ3n) is 4.55. The monoisotopic (exact) mass is 453 g/mol. The summed E-state index contributed by atoms with van der Waals surface area (Å²) >= 11 is 0.